The van der Waals surface area contributed by atoms with Crippen molar-refractivity contribution in [3.63, 3.8) is 0 Å². The van der Waals surface area contributed by atoms with Crippen molar-refractivity contribution in [2.45, 2.75) is 13.8 Å². The molecule has 1 aromatic carbocycles. The molecule has 1 amide bonds. The minimum Gasteiger partial charge on any atom is -0.494 e. The lowest BCUT2D eigenvalue weighted by Gasteiger charge is -2.34. The van der Waals surface area contributed by atoms with Crippen LogP contribution in [0.25, 0.3) is 11.4 Å². The lowest BCUT2D eigenvalue weighted by Crippen LogP contribution is -2.44. The van der Waals surface area contributed by atoms with Crippen molar-refractivity contribution in [3.8, 4) is 17.1 Å². The zero-order chi connectivity index (χ0) is 22.2. The van der Waals surface area contributed by atoms with Gasteiger partial charge in [-0.15, -0.1) is 0 Å². The van der Waals surface area contributed by atoms with Gasteiger partial charge >= 0.3 is 0 Å². The standard InChI is InChI=1S/C21H24N6O2.C2H6/c1-26-10-12-27(13-11-26)15-6-7-18(20(14-15)29-2)24-21(28)19-5-3-4-16(23-19)17-8-9-22-25-17;1-2/h3-9,14H,10-13H2,1-2H3,(H,22,25)(H,24,28);1-2H3. The number of ether oxygens (including phenoxy) is 1. The van der Waals surface area contributed by atoms with Gasteiger partial charge in [0.2, 0.25) is 0 Å². The molecule has 0 unspecified atom stereocenters. The second kappa shape index (κ2) is 10.6. The number of rotatable bonds is 5. The molecule has 164 valence electrons. The minimum absolute atomic E-state index is 0.294. The first-order chi connectivity index (χ1) is 15.1. The molecule has 31 heavy (non-hydrogen) atoms. The van der Waals surface area contributed by atoms with Gasteiger partial charge in [0.1, 0.15) is 11.4 Å². The molecule has 0 atom stereocenters. The summed E-state index contributed by atoms with van der Waals surface area (Å²) in [6, 6.07) is 13.0. The highest BCUT2D eigenvalue weighted by molar-refractivity contribution is 6.04. The number of carbonyl (C=O) groups excluding carboxylic acids is 1. The number of nitrogens with zero attached hydrogens (tertiary/aromatic N) is 4. The molecule has 1 fully saturated rings. The summed E-state index contributed by atoms with van der Waals surface area (Å²) in [5.74, 6) is 0.330. The second-order valence-corrected chi connectivity index (χ2v) is 7.01. The monoisotopic (exact) mass is 422 g/mol. The Morgan fingerprint density at radius 3 is 2.55 bits per heavy atom. The van der Waals surface area contributed by atoms with Crippen molar-refractivity contribution in [2.24, 2.45) is 0 Å². The van der Waals surface area contributed by atoms with Crippen LogP contribution in [0.2, 0.25) is 0 Å². The van der Waals surface area contributed by atoms with E-state index in [4.69, 9.17) is 4.74 Å². The highest BCUT2D eigenvalue weighted by Gasteiger charge is 2.17. The number of amides is 1. The number of anilines is 2. The molecule has 1 saturated heterocycles. The van der Waals surface area contributed by atoms with Crippen molar-refractivity contribution in [1.29, 1.82) is 0 Å². The lowest BCUT2D eigenvalue weighted by molar-refractivity contribution is 0.102. The lowest BCUT2D eigenvalue weighted by atomic mass is 10.2. The van der Waals surface area contributed by atoms with Gasteiger partial charge in [0.15, 0.2) is 0 Å². The highest BCUT2D eigenvalue weighted by atomic mass is 16.5. The Balaban J connectivity index is 0.00000132. The molecular weight excluding hydrogens is 392 g/mol. The number of aromatic nitrogens is 3. The van der Waals surface area contributed by atoms with Crippen LogP contribution in [0.3, 0.4) is 0 Å². The van der Waals surface area contributed by atoms with E-state index in [-0.39, 0.29) is 5.91 Å². The maximum absolute atomic E-state index is 12.8. The molecule has 0 spiro atoms. The van der Waals surface area contributed by atoms with Gasteiger partial charge in [0.05, 0.1) is 24.2 Å². The van der Waals surface area contributed by atoms with Crippen LogP contribution in [0, 0.1) is 0 Å². The Labute approximate surface area is 183 Å². The summed E-state index contributed by atoms with van der Waals surface area (Å²) in [7, 11) is 3.74. The molecule has 1 aliphatic heterocycles. The Kier molecular flexibility index (Phi) is 7.61. The fourth-order valence-electron chi connectivity index (χ4n) is 3.34. The molecule has 0 radical (unpaired) electrons. The van der Waals surface area contributed by atoms with Crippen LogP contribution in [0.5, 0.6) is 5.75 Å². The van der Waals surface area contributed by atoms with Gasteiger partial charge < -0.3 is 19.9 Å². The molecule has 8 nitrogen and oxygen atoms in total. The predicted octanol–water partition coefficient (Wildman–Crippen LogP) is 3.51. The quantitative estimate of drug-likeness (QED) is 0.654. The van der Waals surface area contributed by atoms with Gasteiger partial charge in [0, 0.05) is 44.1 Å². The van der Waals surface area contributed by atoms with Crippen molar-refractivity contribution >= 4 is 17.3 Å². The molecule has 2 aromatic heterocycles. The summed E-state index contributed by atoms with van der Waals surface area (Å²) in [4.78, 5) is 21.8. The Morgan fingerprint density at radius 1 is 1.10 bits per heavy atom. The average Bonchev–Trinajstić information content (AvgIpc) is 3.36. The third-order valence-electron chi connectivity index (χ3n) is 5.06. The van der Waals surface area contributed by atoms with E-state index in [1.807, 2.05) is 44.2 Å². The summed E-state index contributed by atoms with van der Waals surface area (Å²) >= 11 is 0. The zero-order valence-corrected chi connectivity index (χ0v) is 18.6. The van der Waals surface area contributed by atoms with Gasteiger partial charge in [-0.1, -0.05) is 19.9 Å². The van der Waals surface area contributed by atoms with Crippen LogP contribution < -0.4 is 15.0 Å². The third kappa shape index (κ3) is 5.40. The van der Waals surface area contributed by atoms with Crippen molar-refractivity contribution in [3.05, 3.63) is 54.4 Å². The number of benzene rings is 1. The van der Waals surface area contributed by atoms with Crippen LogP contribution in [-0.2, 0) is 0 Å². The van der Waals surface area contributed by atoms with E-state index in [0.717, 1.165) is 37.6 Å². The van der Waals surface area contributed by atoms with Gasteiger partial charge in [-0.3, -0.25) is 9.89 Å². The number of H-pyrrole nitrogens is 1. The molecule has 3 heterocycles. The summed E-state index contributed by atoms with van der Waals surface area (Å²) in [5, 5.41) is 9.69. The van der Waals surface area contributed by atoms with Crippen molar-refractivity contribution in [2.75, 3.05) is 50.6 Å². The number of likely N-dealkylation sites (N-methyl/N-ethyl adjacent to an activating group) is 1. The number of piperazine rings is 1. The van der Waals surface area contributed by atoms with Gasteiger partial charge in [-0.05, 0) is 37.4 Å². The summed E-state index contributed by atoms with van der Waals surface area (Å²) in [5.41, 5.74) is 3.44. The molecule has 0 aliphatic carbocycles. The minimum atomic E-state index is -0.294. The highest BCUT2D eigenvalue weighted by Crippen LogP contribution is 2.30. The molecule has 1 aliphatic rings. The topological polar surface area (TPSA) is 86.4 Å². The van der Waals surface area contributed by atoms with E-state index < -0.39 is 0 Å². The normalized spacial score (nSPS) is 13.9. The molecule has 0 bridgehead atoms. The maximum Gasteiger partial charge on any atom is 0.274 e. The first-order valence-electron chi connectivity index (χ1n) is 10.5. The van der Waals surface area contributed by atoms with Crippen LogP contribution in [0.15, 0.2) is 48.7 Å². The SMILES string of the molecule is CC.COc1cc(N2CCN(C)CC2)ccc1NC(=O)c1cccc(-c2ccn[nH]2)n1. The number of nitrogens with one attached hydrogen (secondary N) is 2. The number of carbonyl (C=O) groups is 1. The van der Waals surface area contributed by atoms with E-state index in [1.54, 1.807) is 25.4 Å². The van der Waals surface area contributed by atoms with Crippen LogP contribution in [-0.4, -0.2) is 66.3 Å². The second-order valence-electron chi connectivity index (χ2n) is 7.01. The van der Waals surface area contributed by atoms with Crippen LogP contribution >= 0.6 is 0 Å². The Bertz CT molecular complexity index is 981. The van der Waals surface area contributed by atoms with E-state index in [9.17, 15) is 4.79 Å². The average molecular weight is 423 g/mol. The van der Waals surface area contributed by atoms with E-state index in [0.29, 0.717) is 22.8 Å². The molecule has 8 heteroatoms. The number of hydrogen-bond acceptors (Lipinski definition) is 6. The smallest absolute Gasteiger partial charge is 0.274 e. The molecule has 2 N–H and O–H groups in total. The predicted molar refractivity (Wildman–Crippen MR) is 124 cm³/mol. The van der Waals surface area contributed by atoms with Gasteiger partial charge in [0.25, 0.3) is 5.91 Å². The fraction of sp³-hybridized carbons (Fsp3) is 0.348. The van der Waals surface area contributed by atoms with Crippen molar-refractivity contribution < 1.29 is 9.53 Å². The van der Waals surface area contributed by atoms with E-state index >= 15 is 0 Å². The number of hydrogen-bond donors (Lipinski definition) is 2. The Morgan fingerprint density at radius 2 is 1.87 bits per heavy atom. The van der Waals surface area contributed by atoms with Crippen LogP contribution in [0.1, 0.15) is 24.3 Å². The van der Waals surface area contributed by atoms with Crippen LogP contribution in [0.4, 0.5) is 11.4 Å². The summed E-state index contributed by atoms with van der Waals surface area (Å²) in [6.45, 7) is 7.99. The number of pyridine rings is 1. The first-order valence-corrected chi connectivity index (χ1v) is 10.5. The summed E-state index contributed by atoms with van der Waals surface area (Å²) in [6.07, 6.45) is 1.65. The maximum atomic E-state index is 12.8. The summed E-state index contributed by atoms with van der Waals surface area (Å²) < 4.78 is 5.53. The molecule has 0 saturated carbocycles. The van der Waals surface area contributed by atoms with Crippen molar-refractivity contribution in [1.82, 2.24) is 20.1 Å². The molecular formula is C23H30N6O2. The van der Waals surface area contributed by atoms with E-state index in [2.05, 4.69) is 37.3 Å². The van der Waals surface area contributed by atoms with Gasteiger partial charge in [-0.25, -0.2) is 4.98 Å². The zero-order valence-electron chi connectivity index (χ0n) is 18.6. The fourth-order valence-corrected chi connectivity index (χ4v) is 3.34. The Hall–Kier alpha value is -3.39. The molecule has 3 aromatic rings. The number of methoxy groups -OCH3 is 1. The number of aromatic amines is 1. The molecule has 4 rings (SSSR count). The first kappa shape index (κ1) is 22.3. The third-order valence-corrected chi connectivity index (χ3v) is 5.06. The van der Waals surface area contributed by atoms with E-state index in [1.165, 1.54) is 0 Å². The largest absolute Gasteiger partial charge is 0.494 e. The van der Waals surface area contributed by atoms with Gasteiger partial charge in [-0.2, -0.15) is 5.10 Å².